The molecular weight excluding hydrogens is 364 g/mol. The molecule has 8 nitrogen and oxygen atoms in total. The molecule has 8 heteroatoms. The van der Waals surface area contributed by atoms with Crippen LogP contribution in [0.1, 0.15) is 18.6 Å². The zero-order valence-corrected chi connectivity index (χ0v) is 15.6. The van der Waals surface area contributed by atoms with Crippen LogP contribution in [0.25, 0.3) is 0 Å². The number of imide groups is 1. The highest BCUT2D eigenvalue weighted by molar-refractivity contribution is 5.97. The summed E-state index contributed by atoms with van der Waals surface area (Å²) in [5.74, 6) is -0.664. The van der Waals surface area contributed by atoms with Gasteiger partial charge in [0.25, 0.3) is 5.91 Å². The molecule has 0 saturated heterocycles. The molecule has 0 heterocycles. The maximum atomic E-state index is 12.4. The number of hydrogen-bond acceptors (Lipinski definition) is 6. The zero-order chi connectivity index (χ0) is 20.4. The molecule has 0 fully saturated rings. The lowest BCUT2D eigenvalue weighted by Crippen LogP contribution is -2.41. The van der Waals surface area contributed by atoms with Gasteiger partial charge in [-0.1, -0.05) is 42.5 Å². The smallest absolute Gasteiger partial charge is 0.345 e. The van der Waals surface area contributed by atoms with Crippen molar-refractivity contribution in [2.24, 2.45) is 0 Å². The van der Waals surface area contributed by atoms with Crippen molar-refractivity contribution in [3.8, 4) is 11.5 Å². The number of benzene rings is 2. The van der Waals surface area contributed by atoms with E-state index in [-0.39, 0.29) is 0 Å². The molecule has 0 bridgehead atoms. The van der Waals surface area contributed by atoms with E-state index >= 15 is 0 Å². The SMILES string of the molecule is CCOc1ccccc1OCC(=O)O[C@H](C(=O)NC(=O)NC)c1ccccc1. The maximum Gasteiger partial charge on any atom is 0.345 e. The molecule has 0 spiro atoms. The van der Waals surface area contributed by atoms with Gasteiger partial charge in [-0.05, 0) is 19.1 Å². The van der Waals surface area contributed by atoms with Crippen LogP contribution in [-0.4, -0.2) is 38.2 Å². The monoisotopic (exact) mass is 386 g/mol. The van der Waals surface area contributed by atoms with Gasteiger partial charge < -0.3 is 19.5 Å². The second-order valence-corrected chi connectivity index (χ2v) is 5.52. The third kappa shape index (κ3) is 6.01. The molecule has 0 saturated carbocycles. The van der Waals surface area contributed by atoms with Crippen molar-refractivity contribution >= 4 is 17.9 Å². The van der Waals surface area contributed by atoms with Gasteiger partial charge in [0.1, 0.15) is 0 Å². The first-order valence-electron chi connectivity index (χ1n) is 8.66. The van der Waals surface area contributed by atoms with Gasteiger partial charge in [-0.2, -0.15) is 0 Å². The quantitative estimate of drug-likeness (QED) is 0.675. The molecular formula is C20H22N2O6. The van der Waals surface area contributed by atoms with E-state index in [1.807, 2.05) is 6.92 Å². The Hall–Kier alpha value is -3.55. The van der Waals surface area contributed by atoms with E-state index in [0.29, 0.717) is 23.7 Å². The number of urea groups is 1. The summed E-state index contributed by atoms with van der Waals surface area (Å²) < 4.78 is 16.2. The van der Waals surface area contributed by atoms with Gasteiger partial charge in [0.2, 0.25) is 6.10 Å². The van der Waals surface area contributed by atoms with Gasteiger partial charge in [-0.25, -0.2) is 9.59 Å². The Labute approximate surface area is 162 Å². The van der Waals surface area contributed by atoms with Crippen LogP contribution >= 0.6 is 0 Å². The van der Waals surface area contributed by atoms with E-state index in [1.54, 1.807) is 54.6 Å². The van der Waals surface area contributed by atoms with E-state index < -0.39 is 30.6 Å². The summed E-state index contributed by atoms with van der Waals surface area (Å²) in [6.45, 7) is 1.85. The first-order chi connectivity index (χ1) is 13.5. The summed E-state index contributed by atoms with van der Waals surface area (Å²) in [5.41, 5.74) is 0.423. The molecule has 0 radical (unpaired) electrons. The number of esters is 1. The van der Waals surface area contributed by atoms with Crippen molar-refractivity contribution in [1.29, 1.82) is 0 Å². The lowest BCUT2D eigenvalue weighted by atomic mass is 10.1. The Balaban J connectivity index is 2.06. The summed E-state index contributed by atoms with van der Waals surface area (Å²) in [7, 11) is 1.37. The Morgan fingerprint density at radius 2 is 1.54 bits per heavy atom. The van der Waals surface area contributed by atoms with Gasteiger partial charge in [-0.15, -0.1) is 0 Å². The molecule has 0 aliphatic heterocycles. The van der Waals surface area contributed by atoms with Gasteiger partial charge in [0.15, 0.2) is 18.1 Å². The number of amides is 3. The molecule has 0 unspecified atom stereocenters. The number of rotatable bonds is 8. The molecule has 2 rings (SSSR count). The molecule has 0 aliphatic carbocycles. The van der Waals surface area contributed by atoms with Crippen molar-refractivity contribution < 1.29 is 28.6 Å². The lowest BCUT2D eigenvalue weighted by Gasteiger charge is -2.18. The highest BCUT2D eigenvalue weighted by Gasteiger charge is 2.26. The minimum Gasteiger partial charge on any atom is -0.490 e. The van der Waals surface area contributed by atoms with Crippen molar-refractivity contribution in [2.75, 3.05) is 20.3 Å². The van der Waals surface area contributed by atoms with E-state index in [0.717, 1.165) is 0 Å². The predicted molar refractivity (Wildman–Crippen MR) is 101 cm³/mol. The van der Waals surface area contributed by atoms with Crippen molar-refractivity contribution in [2.45, 2.75) is 13.0 Å². The van der Waals surface area contributed by atoms with Crippen molar-refractivity contribution in [3.63, 3.8) is 0 Å². The van der Waals surface area contributed by atoms with Gasteiger partial charge in [0.05, 0.1) is 6.61 Å². The highest BCUT2D eigenvalue weighted by atomic mass is 16.6. The van der Waals surface area contributed by atoms with Crippen molar-refractivity contribution in [1.82, 2.24) is 10.6 Å². The zero-order valence-electron chi connectivity index (χ0n) is 15.6. The second kappa shape index (κ2) is 10.6. The molecule has 3 amide bonds. The number of nitrogens with one attached hydrogen (secondary N) is 2. The van der Waals surface area contributed by atoms with E-state index in [9.17, 15) is 14.4 Å². The fourth-order valence-electron chi connectivity index (χ4n) is 2.29. The van der Waals surface area contributed by atoms with Gasteiger partial charge in [-0.3, -0.25) is 10.1 Å². The molecule has 148 valence electrons. The molecule has 28 heavy (non-hydrogen) atoms. The number of carbonyl (C=O) groups excluding carboxylic acids is 3. The summed E-state index contributed by atoms with van der Waals surface area (Å²) >= 11 is 0. The van der Waals surface area contributed by atoms with Crippen LogP contribution in [0.3, 0.4) is 0 Å². The fourth-order valence-corrected chi connectivity index (χ4v) is 2.29. The third-order valence-corrected chi connectivity index (χ3v) is 3.55. The van der Waals surface area contributed by atoms with Crippen LogP contribution in [0.2, 0.25) is 0 Å². The third-order valence-electron chi connectivity index (χ3n) is 3.55. The standard InChI is InChI=1S/C20H22N2O6/c1-3-26-15-11-7-8-12-16(15)27-13-17(23)28-18(14-9-5-4-6-10-14)19(24)22-20(25)21-2/h4-12,18H,3,13H2,1-2H3,(H2,21,22,24,25)/t18-/m0/s1. The molecule has 2 aromatic rings. The Morgan fingerprint density at radius 1 is 0.929 bits per heavy atom. The lowest BCUT2D eigenvalue weighted by molar-refractivity contribution is -0.158. The van der Waals surface area contributed by atoms with Crippen LogP contribution < -0.4 is 20.1 Å². The maximum absolute atomic E-state index is 12.4. The molecule has 2 N–H and O–H groups in total. The predicted octanol–water partition coefficient (Wildman–Crippen LogP) is 2.20. The van der Waals surface area contributed by atoms with Crippen molar-refractivity contribution in [3.05, 3.63) is 60.2 Å². The molecule has 0 aliphatic rings. The molecule has 0 aromatic heterocycles. The highest BCUT2D eigenvalue weighted by Crippen LogP contribution is 2.26. The minimum absolute atomic E-state index is 0.382. The first kappa shape index (κ1) is 20.8. The number of carbonyl (C=O) groups is 3. The molecule has 1 atom stereocenters. The second-order valence-electron chi connectivity index (χ2n) is 5.52. The fraction of sp³-hybridized carbons (Fsp3) is 0.250. The largest absolute Gasteiger partial charge is 0.490 e. The van der Waals surface area contributed by atoms with Gasteiger partial charge in [0, 0.05) is 12.6 Å². The van der Waals surface area contributed by atoms with E-state index in [4.69, 9.17) is 14.2 Å². The number of hydrogen-bond donors (Lipinski definition) is 2. The summed E-state index contributed by atoms with van der Waals surface area (Å²) in [4.78, 5) is 36.0. The summed E-state index contributed by atoms with van der Waals surface area (Å²) in [5, 5.41) is 4.38. The summed E-state index contributed by atoms with van der Waals surface area (Å²) in [6, 6.07) is 14.6. The summed E-state index contributed by atoms with van der Waals surface area (Å²) in [6.07, 6.45) is -1.29. The van der Waals surface area contributed by atoms with Crippen LogP contribution in [0.4, 0.5) is 4.79 Å². The topological polar surface area (TPSA) is 103 Å². The van der Waals surface area contributed by atoms with Crippen LogP contribution in [0.15, 0.2) is 54.6 Å². The number of para-hydroxylation sites is 2. The first-order valence-corrected chi connectivity index (χ1v) is 8.66. The normalized spacial score (nSPS) is 11.1. The molecule has 2 aromatic carbocycles. The van der Waals surface area contributed by atoms with E-state index in [1.165, 1.54) is 7.05 Å². The Morgan fingerprint density at radius 3 is 2.14 bits per heavy atom. The Kier molecular flexibility index (Phi) is 7.83. The van der Waals surface area contributed by atoms with Gasteiger partial charge >= 0.3 is 12.0 Å². The van der Waals surface area contributed by atoms with Crippen LogP contribution in [-0.2, 0) is 14.3 Å². The van der Waals surface area contributed by atoms with E-state index in [2.05, 4.69) is 10.6 Å². The minimum atomic E-state index is -1.29. The van der Waals surface area contributed by atoms with Crippen LogP contribution in [0, 0.1) is 0 Å². The Bertz CT molecular complexity index is 809. The average molecular weight is 386 g/mol. The average Bonchev–Trinajstić information content (AvgIpc) is 2.72. The van der Waals surface area contributed by atoms with Crippen LogP contribution in [0.5, 0.6) is 11.5 Å². The number of ether oxygens (including phenoxy) is 3.